The normalized spacial score (nSPS) is 25.4. The molecule has 3 aromatic rings. The Kier molecular flexibility index (Phi) is 4.85. The number of likely N-dealkylation sites (tertiary alicyclic amines) is 1. The van der Waals surface area contributed by atoms with Crippen molar-refractivity contribution < 1.29 is 9.84 Å². The molecular formula is C29H31NO2. The first-order valence-corrected chi connectivity index (χ1v) is 11.9. The quantitative estimate of drug-likeness (QED) is 0.604. The average Bonchev–Trinajstić information content (AvgIpc) is 3.36. The number of hydrogen-bond acceptors (Lipinski definition) is 3. The number of fused-ring (bicyclic) bond motifs is 8. The highest BCUT2D eigenvalue weighted by Gasteiger charge is 2.53. The van der Waals surface area contributed by atoms with Crippen LogP contribution in [0.2, 0.25) is 0 Å². The predicted molar refractivity (Wildman–Crippen MR) is 127 cm³/mol. The van der Waals surface area contributed by atoms with Gasteiger partial charge in [-0.3, -0.25) is 0 Å². The van der Waals surface area contributed by atoms with Gasteiger partial charge in [-0.25, -0.2) is 0 Å². The summed E-state index contributed by atoms with van der Waals surface area (Å²) in [7, 11) is 1.68. The smallest absolute Gasteiger partial charge is 0.124 e. The van der Waals surface area contributed by atoms with Crippen molar-refractivity contribution >= 4 is 0 Å². The molecule has 1 atom stereocenters. The van der Waals surface area contributed by atoms with Gasteiger partial charge in [0.1, 0.15) is 5.75 Å². The van der Waals surface area contributed by atoms with E-state index in [4.69, 9.17) is 4.74 Å². The van der Waals surface area contributed by atoms with E-state index in [0.717, 1.165) is 43.8 Å². The molecule has 1 saturated heterocycles. The predicted octanol–water partition coefficient (Wildman–Crippen LogP) is 5.28. The zero-order valence-electron chi connectivity index (χ0n) is 18.7. The molecule has 0 aromatic heterocycles. The van der Waals surface area contributed by atoms with E-state index in [2.05, 4.69) is 53.4 Å². The van der Waals surface area contributed by atoms with E-state index in [-0.39, 0.29) is 11.3 Å². The molecule has 0 unspecified atom stereocenters. The molecule has 0 radical (unpaired) electrons. The van der Waals surface area contributed by atoms with Crippen LogP contribution in [0.15, 0.2) is 72.8 Å². The van der Waals surface area contributed by atoms with E-state index in [0.29, 0.717) is 5.92 Å². The number of benzene rings is 3. The lowest BCUT2D eigenvalue weighted by atomic mass is 9.74. The van der Waals surface area contributed by atoms with E-state index in [1.807, 2.05) is 24.3 Å². The third kappa shape index (κ3) is 2.95. The number of piperidine rings is 1. The maximum absolute atomic E-state index is 11.1. The van der Waals surface area contributed by atoms with Crippen molar-refractivity contribution in [2.45, 2.75) is 36.7 Å². The van der Waals surface area contributed by atoms with Gasteiger partial charge >= 0.3 is 0 Å². The van der Waals surface area contributed by atoms with Crippen LogP contribution in [0.4, 0.5) is 0 Å². The first-order chi connectivity index (χ1) is 15.7. The maximum atomic E-state index is 11.1. The van der Waals surface area contributed by atoms with Gasteiger partial charge in [0.15, 0.2) is 0 Å². The minimum Gasteiger partial charge on any atom is -0.496 e. The Labute approximate surface area is 190 Å². The molecule has 2 bridgehead atoms. The second-order valence-electron chi connectivity index (χ2n) is 9.81. The van der Waals surface area contributed by atoms with Crippen LogP contribution in [0.3, 0.4) is 0 Å². The van der Waals surface area contributed by atoms with Gasteiger partial charge in [0, 0.05) is 23.4 Å². The zero-order valence-corrected chi connectivity index (χ0v) is 18.7. The van der Waals surface area contributed by atoms with E-state index < -0.39 is 6.10 Å². The molecule has 3 aliphatic rings. The molecule has 1 aliphatic heterocycles. The van der Waals surface area contributed by atoms with Crippen LogP contribution in [0.5, 0.6) is 5.75 Å². The van der Waals surface area contributed by atoms with E-state index in [1.165, 1.54) is 17.5 Å². The average molecular weight is 426 g/mol. The van der Waals surface area contributed by atoms with Crippen LogP contribution < -0.4 is 4.74 Å². The molecule has 3 aromatic carbocycles. The topological polar surface area (TPSA) is 32.7 Å². The van der Waals surface area contributed by atoms with Crippen molar-refractivity contribution in [3.05, 3.63) is 101 Å². The monoisotopic (exact) mass is 425 g/mol. The first-order valence-electron chi connectivity index (χ1n) is 11.9. The molecule has 0 spiro atoms. The van der Waals surface area contributed by atoms with Gasteiger partial charge in [0.05, 0.1) is 13.2 Å². The Balaban J connectivity index is 1.22. The second kappa shape index (κ2) is 7.75. The summed E-state index contributed by atoms with van der Waals surface area (Å²) in [6.45, 7) is 3.15. The molecular weight excluding hydrogens is 394 g/mol. The number of hydrogen-bond donors (Lipinski definition) is 1. The molecule has 3 heteroatoms. The van der Waals surface area contributed by atoms with Gasteiger partial charge < -0.3 is 14.7 Å². The fourth-order valence-electron chi connectivity index (χ4n) is 6.78. The van der Waals surface area contributed by atoms with E-state index in [1.54, 1.807) is 18.2 Å². The Morgan fingerprint density at radius 3 is 2.16 bits per heavy atom. The first kappa shape index (κ1) is 20.0. The standard InChI is InChI=1S/C29H31NO2/c1-32-27-13-7-4-10-23(27)28(31)20-14-16-30(17-15-20)19-29-18-24(21-8-2-5-11-25(21)29)22-9-3-6-12-26(22)29/h2-13,20,24,28,31H,14-19H2,1H3/t24?,28-,29?/m0/s1. The van der Waals surface area contributed by atoms with Crippen LogP contribution in [0, 0.1) is 5.92 Å². The highest BCUT2D eigenvalue weighted by molar-refractivity contribution is 5.62. The van der Waals surface area contributed by atoms with Crippen molar-refractivity contribution in [3.63, 3.8) is 0 Å². The van der Waals surface area contributed by atoms with Crippen molar-refractivity contribution in [1.82, 2.24) is 4.90 Å². The lowest BCUT2D eigenvalue weighted by Crippen LogP contribution is -2.44. The molecule has 2 aliphatic carbocycles. The molecule has 0 amide bonds. The molecule has 3 nitrogen and oxygen atoms in total. The molecule has 6 rings (SSSR count). The maximum Gasteiger partial charge on any atom is 0.124 e. The van der Waals surface area contributed by atoms with Crippen LogP contribution in [-0.4, -0.2) is 36.8 Å². The fraction of sp³-hybridized carbons (Fsp3) is 0.379. The zero-order chi connectivity index (χ0) is 21.7. The number of rotatable bonds is 5. The second-order valence-corrected chi connectivity index (χ2v) is 9.81. The summed E-state index contributed by atoms with van der Waals surface area (Å²) in [5.74, 6) is 1.62. The third-order valence-corrected chi connectivity index (χ3v) is 8.29. The summed E-state index contributed by atoms with van der Waals surface area (Å²) in [5, 5.41) is 11.1. The van der Waals surface area contributed by atoms with Crippen molar-refractivity contribution in [2.75, 3.05) is 26.7 Å². The minimum atomic E-state index is -0.463. The summed E-state index contributed by atoms with van der Waals surface area (Å²) >= 11 is 0. The lowest BCUT2D eigenvalue weighted by molar-refractivity contribution is 0.0525. The van der Waals surface area contributed by atoms with Crippen molar-refractivity contribution in [3.8, 4) is 5.75 Å². The van der Waals surface area contributed by atoms with Crippen LogP contribution in [0.25, 0.3) is 0 Å². The van der Waals surface area contributed by atoms with Gasteiger partial charge in [-0.05, 0) is 66.6 Å². The number of ether oxygens (including phenoxy) is 1. The Hall–Kier alpha value is -2.62. The van der Waals surface area contributed by atoms with Crippen LogP contribution in [-0.2, 0) is 5.41 Å². The summed E-state index contributed by atoms with van der Waals surface area (Å²) in [6, 6.07) is 26.1. The molecule has 1 fully saturated rings. The third-order valence-electron chi connectivity index (χ3n) is 8.29. The van der Waals surface area contributed by atoms with Gasteiger partial charge in [-0.15, -0.1) is 0 Å². The number of methoxy groups -OCH3 is 1. The fourth-order valence-corrected chi connectivity index (χ4v) is 6.78. The van der Waals surface area contributed by atoms with Crippen LogP contribution >= 0.6 is 0 Å². The Bertz CT molecular complexity index is 1080. The Morgan fingerprint density at radius 2 is 1.50 bits per heavy atom. The molecule has 32 heavy (non-hydrogen) atoms. The number of para-hydroxylation sites is 1. The van der Waals surface area contributed by atoms with Gasteiger partial charge in [0.25, 0.3) is 0 Å². The summed E-state index contributed by atoms with van der Waals surface area (Å²) < 4.78 is 5.50. The molecule has 1 heterocycles. The highest BCUT2D eigenvalue weighted by Crippen LogP contribution is 2.60. The molecule has 0 saturated carbocycles. The van der Waals surface area contributed by atoms with E-state index >= 15 is 0 Å². The molecule has 164 valence electrons. The van der Waals surface area contributed by atoms with Gasteiger partial charge in [0.2, 0.25) is 0 Å². The number of aliphatic hydroxyl groups is 1. The molecule has 1 N–H and O–H groups in total. The largest absolute Gasteiger partial charge is 0.496 e. The minimum absolute atomic E-state index is 0.117. The van der Waals surface area contributed by atoms with Gasteiger partial charge in [-0.2, -0.15) is 0 Å². The summed E-state index contributed by atoms with van der Waals surface area (Å²) in [4.78, 5) is 2.65. The van der Waals surface area contributed by atoms with Gasteiger partial charge in [-0.1, -0.05) is 66.7 Å². The number of aliphatic hydroxyl groups excluding tert-OH is 1. The van der Waals surface area contributed by atoms with Crippen molar-refractivity contribution in [2.24, 2.45) is 5.92 Å². The highest BCUT2D eigenvalue weighted by atomic mass is 16.5. The summed E-state index contributed by atoms with van der Waals surface area (Å²) in [6.07, 6.45) is 2.77. The lowest BCUT2D eigenvalue weighted by Gasteiger charge is -2.40. The summed E-state index contributed by atoms with van der Waals surface area (Å²) in [5.41, 5.74) is 7.19. The van der Waals surface area contributed by atoms with Crippen LogP contribution in [0.1, 0.15) is 59.1 Å². The van der Waals surface area contributed by atoms with Crippen molar-refractivity contribution in [1.29, 1.82) is 0 Å². The number of nitrogens with zero attached hydrogens (tertiary/aromatic N) is 1. The van der Waals surface area contributed by atoms with E-state index in [9.17, 15) is 5.11 Å². The SMILES string of the molecule is COc1ccccc1[C@@H](O)C1CCN(CC23CC(c4ccccc42)c2ccccc23)CC1. The Morgan fingerprint density at radius 1 is 0.906 bits per heavy atom.